The molecular weight excluding hydrogens is 240 g/mol. The summed E-state index contributed by atoms with van der Waals surface area (Å²) in [4.78, 5) is 0. The Hall–Kier alpha value is -1.30. The Balaban J connectivity index is 2.42. The number of hydrogen-bond acceptors (Lipinski definition) is 0. The van der Waals surface area contributed by atoms with E-state index in [1.54, 1.807) is 5.57 Å². The SMILES string of the molecule is C/C=C1\C(CC)CC=C(c2ccc(CC)cc2)C1(C)C. The summed E-state index contributed by atoms with van der Waals surface area (Å²) in [6, 6.07) is 9.14. The molecule has 1 aliphatic carbocycles. The zero-order valence-corrected chi connectivity index (χ0v) is 13.7. The van der Waals surface area contributed by atoms with Gasteiger partial charge in [0.25, 0.3) is 0 Å². The molecule has 0 aliphatic heterocycles. The lowest BCUT2D eigenvalue weighted by atomic mass is 9.65. The average molecular weight is 268 g/mol. The van der Waals surface area contributed by atoms with E-state index >= 15 is 0 Å². The predicted molar refractivity (Wildman–Crippen MR) is 89.7 cm³/mol. The molecule has 0 spiro atoms. The van der Waals surface area contributed by atoms with Gasteiger partial charge >= 0.3 is 0 Å². The van der Waals surface area contributed by atoms with Crippen molar-refractivity contribution >= 4 is 5.57 Å². The van der Waals surface area contributed by atoms with Crippen molar-refractivity contribution in [2.24, 2.45) is 11.3 Å². The molecule has 20 heavy (non-hydrogen) atoms. The molecule has 0 bridgehead atoms. The molecule has 108 valence electrons. The zero-order chi connectivity index (χ0) is 14.8. The maximum absolute atomic E-state index is 2.47. The molecular formula is C20H28. The topological polar surface area (TPSA) is 0 Å². The highest BCUT2D eigenvalue weighted by Crippen LogP contribution is 2.49. The lowest BCUT2D eigenvalue weighted by Crippen LogP contribution is -2.26. The molecule has 1 aromatic carbocycles. The molecule has 0 heterocycles. The van der Waals surface area contributed by atoms with Crippen LogP contribution in [0.25, 0.3) is 5.57 Å². The molecule has 1 aromatic rings. The van der Waals surface area contributed by atoms with E-state index in [4.69, 9.17) is 0 Å². The molecule has 0 fully saturated rings. The second-order valence-electron chi connectivity index (χ2n) is 6.38. The second-order valence-corrected chi connectivity index (χ2v) is 6.38. The third kappa shape index (κ3) is 2.61. The average Bonchev–Trinajstić information content (AvgIpc) is 2.46. The van der Waals surface area contributed by atoms with Gasteiger partial charge in [-0.25, -0.2) is 0 Å². The Bertz CT molecular complexity index is 511. The molecule has 1 unspecified atom stereocenters. The second kappa shape index (κ2) is 5.99. The summed E-state index contributed by atoms with van der Waals surface area (Å²) in [6.07, 6.45) is 8.36. The van der Waals surface area contributed by atoms with Crippen molar-refractivity contribution in [2.45, 2.75) is 53.9 Å². The predicted octanol–water partition coefficient (Wildman–Crippen LogP) is 6.03. The van der Waals surface area contributed by atoms with E-state index in [-0.39, 0.29) is 5.41 Å². The minimum atomic E-state index is 0.154. The fourth-order valence-electron chi connectivity index (χ4n) is 3.69. The number of allylic oxidation sites excluding steroid dienone is 4. The first kappa shape index (κ1) is 15.1. The zero-order valence-electron chi connectivity index (χ0n) is 13.7. The van der Waals surface area contributed by atoms with Gasteiger partial charge in [0.05, 0.1) is 0 Å². The summed E-state index contributed by atoms with van der Waals surface area (Å²) in [5.74, 6) is 0.716. The van der Waals surface area contributed by atoms with E-state index in [0.29, 0.717) is 5.92 Å². The van der Waals surface area contributed by atoms with Gasteiger partial charge in [-0.15, -0.1) is 0 Å². The van der Waals surface area contributed by atoms with Crippen LogP contribution in [0.15, 0.2) is 42.0 Å². The van der Waals surface area contributed by atoms with Gasteiger partial charge in [-0.2, -0.15) is 0 Å². The van der Waals surface area contributed by atoms with Gasteiger partial charge in [-0.1, -0.05) is 69.7 Å². The monoisotopic (exact) mass is 268 g/mol. The van der Waals surface area contributed by atoms with Crippen molar-refractivity contribution in [1.82, 2.24) is 0 Å². The normalized spacial score (nSPS) is 23.8. The molecule has 0 saturated carbocycles. The van der Waals surface area contributed by atoms with Crippen molar-refractivity contribution in [3.05, 3.63) is 53.1 Å². The Morgan fingerprint density at radius 3 is 2.30 bits per heavy atom. The first-order valence-electron chi connectivity index (χ1n) is 8.01. The number of aryl methyl sites for hydroxylation is 1. The van der Waals surface area contributed by atoms with E-state index in [2.05, 4.69) is 71.0 Å². The van der Waals surface area contributed by atoms with Gasteiger partial charge in [-0.05, 0) is 48.8 Å². The Morgan fingerprint density at radius 1 is 1.15 bits per heavy atom. The van der Waals surface area contributed by atoms with Crippen LogP contribution in [0.4, 0.5) is 0 Å². The van der Waals surface area contributed by atoms with E-state index in [9.17, 15) is 0 Å². The Morgan fingerprint density at radius 2 is 1.80 bits per heavy atom. The van der Waals surface area contributed by atoms with Crippen molar-refractivity contribution in [3.8, 4) is 0 Å². The molecule has 0 N–H and O–H groups in total. The van der Waals surface area contributed by atoms with Gasteiger partial charge in [0.2, 0.25) is 0 Å². The van der Waals surface area contributed by atoms with E-state index < -0.39 is 0 Å². The van der Waals surface area contributed by atoms with Crippen LogP contribution in [-0.2, 0) is 6.42 Å². The quantitative estimate of drug-likeness (QED) is 0.587. The van der Waals surface area contributed by atoms with Crippen LogP contribution in [0.1, 0.15) is 58.6 Å². The maximum Gasteiger partial charge on any atom is 0.0111 e. The van der Waals surface area contributed by atoms with Gasteiger partial charge < -0.3 is 0 Å². The maximum atomic E-state index is 2.47. The van der Waals surface area contributed by atoms with Crippen LogP contribution in [0, 0.1) is 11.3 Å². The summed E-state index contributed by atoms with van der Waals surface area (Å²) in [6.45, 7) is 11.5. The van der Waals surface area contributed by atoms with Gasteiger partial charge in [0.15, 0.2) is 0 Å². The fraction of sp³-hybridized carbons (Fsp3) is 0.500. The lowest BCUT2D eigenvalue weighted by molar-refractivity contribution is 0.448. The minimum absolute atomic E-state index is 0.154. The van der Waals surface area contributed by atoms with Crippen LogP contribution >= 0.6 is 0 Å². The van der Waals surface area contributed by atoms with Crippen molar-refractivity contribution in [3.63, 3.8) is 0 Å². The summed E-state index contributed by atoms with van der Waals surface area (Å²) in [5.41, 5.74) is 6.07. The Labute approximate surface area is 124 Å². The number of rotatable bonds is 3. The smallest absolute Gasteiger partial charge is 0.0111 e. The highest BCUT2D eigenvalue weighted by Gasteiger charge is 2.35. The van der Waals surface area contributed by atoms with Crippen LogP contribution in [0.3, 0.4) is 0 Å². The van der Waals surface area contributed by atoms with Gasteiger partial charge in [0, 0.05) is 5.41 Å². The van der Waals surface area contributed by atoms with E-state index in [1.165, 1.54) is 29.5 Å². The molecule has 0 radical (unpaired) electrons. The molecule has 2 rings (SSSR count). The van der Waals surface area contributed by atoms with Crippen LogP contribution < -0.4 is 0 Å². The molecule has 0 saturated heterocycles. The standard InChI is InChI=1S/C20H28/c1-6-15-9-11-17(12-10-15)19-14-13-16(7-2)18(8-3)20(19,4)5/h8-12,14,16H,6-7,13H2,1-5H3/b18-8+. The van der Waals surface area contributed by atoms with Crippen molar-refractivity contribution in [1.29, 1.82) is 0 Å². The molecule has 0 heteroatoms. The third-order valence-corrected chi connectivity index (χ3v) is 4.92. The van der Waals surface area contributed by atoms with Crippen LogP contribution in [-0.4, -0.2) is 0 Å². The first-order valence-corrected chi connectivity index (χ1v) is 8.01. The van der Waals surface area contributed by atoms with E-state index in [0.717, 1.165) is 6.42 Å². The summed E-state index contributed by atoms with van der Waals surface area (Å²) in [5, 5.41) is 0. The highest BCUT2D eigenvalue weighted by molar-refractivity contribution is 5.74. The summed E-state index contributed by atoms with van der Waals surface area (Å²) < 4.78 is 0. The number of benzene rings is 1. The minimum Gasteiger partial charge on any atom is -0.0873 e. The lowest BCUT2D eigenvalue weighted by Gasteiger charge is -2.40. The highest BCUT2D eigenvalue weighted by atomic mass is 14.4. The summed E-state index contributed by atoms with van der Waals surface area (Å²) >= 11 is 0. The van der Waals surface area contributed by atoms with Crippen LogP contribution in [0.5, 0.6) is 0 Å². The largest absolute Gasteiger partial charge is 0.0873 e. The van der Waals surface area contributed by atoms with E-state index in [1.807, 2.05) is 0 Å². The van der Waals surface area contributed by atoms with Crippen molar-refractivity contribution < 1.29 is 0 Å². The molecule has 0 amide bonds. The Kier molecular flexibility index (Phi) is 4.52. The molecule has 0 aromatic heterocycles. The molecule has 1 aliphatic rings. The summed E-state index contributed by atoms with van der Waals surface area (Å²) in [7, 11) is 0. The number of hydrogen-bond donors (Lipinski definition) is 0. The van der Waals surface area contributed by atoms with Crippen LogP contribution in [0.2, 0.25) is 0 Å². The third-order valence-electron chi connectivity index (χ3n) is 4.92. The van der Waals surface area contributed by atoms with Crippen molar-refractivity contribution in [2.75, 3.05) is 0 Å². The fourth-order valence-corrected chi connectivity index (χ4v) is 3.69. The van der Waals surface area contributed by atoms with Gasteiger partial charge in [0.1, 0.15) is 0 Å². The molecule has 1 atom stereocenters. The van der Waals surface area contributed by atoms with Gasteiger partial charge in [-0.3, -0.25) is 0 Å². The first-order chi connectivity index (χ1) is 9.54. The molecule has 0 nitrogen and oxygen atoms in total.